The first-order valence-electron chi connectivity index (χ1n) is 5.08. The van der Waals surface area contributed by atoms with Crippen molar-refractivity contribution in [2.45, 2.75) is 37.8 Å². The zero-order valence-corrected chi connectivity index (χ0v) is 8.90. The fourth-order valence-electron chi connectivity index (χ4n) is 1.65. The number of esters is 1. The molecular weight excluding hydrogens is 182 g/mol. The Balaban J connectivity index is 2.18. The predicted molar refractivity (Wildman–Crippen MR) is 52.9 cm³/mol. The van der Waals surface area contributed by atoms with Crippen LogP contribution in [0.15, 0.2) is 0 Å². The average Bonchev–Trinajstić information content (AvgIpc) is 1.99. The smallest absolute Gasteiger partial charge is 0.308 e. The van der Waals surface area contributed by atoms with Crippen LogP contribution in [0.25, 0.3) is 0 Å². The van der Waals surface area contributed by atoms with E-state index < -0.39 is 6.10 Å². The minimum atomic E-state index is -0.604. The molecule has 0 radical (unpaired) electrons. The highest BCUT2D eigenvalue weighted by atomic mass is 16.5. The van der Waals surface area contributed by atoms with Crippen molar-refractivity contribution in [3.63, 3.8) is 0 Å². The molecule has 1 fully saturated rings. The van der Waals surface area contributed by atoms with Crippen LogP contribution < -0.4 is 0 Å². The summed E-state index contributed by atoms with van der Waals surface area (Å²) in [5.74, 6) is -0.348. The van der Waals surface area contributed by atoms with Gasteiger partial charge in [0.15, 0.2) is 0 Å². The minimum Gasteiger partial charge on any atom is -0.469 e. The topological polar surface area (TPSA) is 49.8 Å². The number of aliphatic hydroxyl groups is 1. The monoisotopic (exact) mass is 201 g/mol. The molecule has 1 unspecified atom stereocenters. The molecule has 1 atom stereocenters. The van der Waals surface area contributed by atoms with E-state index in [0.29, 0.717) is 12.6 Å². The minimum absolute atomic E-state index is 0.0908. The normalized spacial score (nSPS) is 19.1. The fourth-order valence-corrected chi connectivity index (χ4v) is 1.65. The van der Waals surface area contributed by atoms with Crippen LogP contribution in [-0.4, -0.2) is 48.8 Å². The number of likely N-dealkylation sites (N-methyl/N-ethyl adjacent to an activating group) is 1. The van der Waals surface area contributed by atoms with Crippen molar-refractivity contribution in [3.8, 4) is 0 Å². The summed E-state index contributed by atoms with van der Waals surface area (Å²) in [6.45, 7) is 0.555. The van der Waals surface area contributed by atoms with Crippen molar-refractivity contribution >= 4 is 5.97 Å². The van der Waals surface area contributed by atoms with E-state index in [9.17, 15) is 9.90 Å². The molecule has 0 amide bonds. The molecule has 0 aromatic carbocycles. The lowest BCUT2D eigenvalue weighted by Gasteiger charge is -2.35. The van der Waals surface area contributed by atoms with Gasteiger partial charge in [0.05, 0.1) is 19.6 Å². The molecule has 1 saturated carbocycles. The van der Waals surface area contributed by atoms with Crippen molar-refractivity contribution in [2.75, 3.05) is 20.7 Å². The Morgan fingerprint density at radius 1 is 1.64 bits per heavy atom. The number of carbonyl (C=O) groups excluding carboxylic acids is 1. The second kappa shape index (κ2) is 5.32. The molecule has 0 aromatic heterocycles. The van der Waals surface area contributed by atoms with Gasteiger partial charge >= 0.3 is 5.97 Å². The van der Waals surface area contributed by atoms with E-state index in [1.165, 1.54) is 26.4 Å². The van der Waals surface area contributed by atoms with Crippen LogP contribution in [0.1, 0.15) is 25.7 Å². The summed E-state index contributed by atoms with van der Waals surface area (Å²) in [6, 6.07) is 0.599. The molecule has 0 spiro atoms. The van der Waals surface area contributed by atoms with Gasteiger partial charge in [-0.3, -0.25) is 4.79 Å². The van der Waals surface area contributed by atoms with E-state index >= 15 is 0 Å². The van der Waals surface area contributed by atoms with Crippen molar-refractivity contribution in [3.05, 3.63) is 0 Å². The van der Waals surface area contributed by atoms with E-state index in [2.05, 4.69) is 9.64 Å². The van der Waals surface area contributed by atoms with Crippen LogP contribution in [0, 0.1) is 0 Å². The zero-order chi connectivity index (χ0) is 10.6. The third-order valence-electron chi connectivity index (χ3n) is 2.83. The van der Waals surface area contributed by atoms with E-state index in [1.54, 1.807) is 0 Å². The molecule has 14 heavy (non-hydrogen) atoms. The molecule has 4 nitrogen and oxygen atoms in total. The second-order valence-electron chi connectivity index (χ2n) is 3.96. The van der Waals surface area contributed by atoms with Gasteiger partial charge in [0.1, 0.15) is 0 Å². The van der Waals surface area contributed by atoms with Crippen LogP contribution in [0.2, 0.25) is 0 Å². The van der Waals surface area contributed by atoms with Gasteiger partial charge in [-0.15, -0.1) is 0 Å². The van der Waals surface area contributed by atoms with Gasteiger partial charge in [-0.05, 0) is 19.9 Å². The maximum absolute atomic E-state index is 10.9. The highest BCUT2D eigenvalue weighted by molar-refractivity contribution is 5.69. The lowest BCUT2D eigenvalue weighted by atomic mass is 9.91. The number of nitrogens with zero attached hydrogens (tertiary/aromatic N) is 1. The number of ether oxygens (including phenoxy) is 1. The number of hydrogen-bond donors (Lipinski definition) is 1. The SMILES string of the molecule is COC(=O)CC(O)CN(C)C1CCC1. The van der Waals surface area contributed by atoms with Crippen molar-refractivity contribution in [2.24, 2.45) is 0 Å². The molecule has 82 valence electrons. The van der Waals surface area contributed by atoms with Gasteiger partial charge in [-0.25, -0.2) is 0 Å². The summed E-state index contributed by atoms with van der Waals surface area (Å²) < 4.78 is 4.49. The summed E-state index contributed by atoms with van der Waals surface area (Å²) in [4.78, 5) is 13.0. The highest BCUT2D eigenvalue weighted by Gasteiger charge is 2.24. The fraction of sp³-hybridized carbons (Fsp3) is 0.900. The van der Waals surface area contributed by atoms with Crippen molar-refractivity contribution < 1.29 is 14.6 Å². The standard InChI is InChI=1S/C10H19NO3/c1-11(8-4-3-5-8)7-9(12)6-10(13)14-2/h8-9,12H,3-7H2,1-2H3. The number of rotatable bonds is 5. The number of hydrogen-bond acceptors (Lipinski definition) is 4. The highest BCUT2D eigenvalue weighted by Crippen LogP contribution is 2.23. The van der Waals surface area contributed by atoms with Gasteiger partial charge in [0.2, 0.25) is 0 Å². The van der Waals surface area contributed by atoms with Gasteiger partial charge in [0.25, 0.3) is 0 Å². The average molecular weight is 201 g/mol. The largest absolute Gasteiger partial charge is 0.469 e. The van der Waals surface area contributed by atoms with E-state index in [0.717, 1.165) is 0 Å². The Hall–Kier alpha value is -0.610. The lowest BCUT2D eigenvalue weighted by molar-refractivity contribution is -0.143. The molecule has 0 saturated heterocycles. The summed E-state index contributed by atoms with van der Waals surface area (Å²) in [7, 11) is 3.33. The maximum Gasteiger partial charge on any atom is 0.308 e. The van der Waals surface area contributed by atoms with Gasteiger partial charge in [-0.2, -0.15) is 0 Å². The summed E-state index contributed by atoms with van der Waals surface area (Å²) >= 11 is 0. The Labute approximate surface area is 84.8 Å². The second-order valence-corrected chi connectivity index (χ2v) is 3.96. The van der Waals surface area contributed by atoms with Crippen LogP contribution in [-0.2, 0) is 9.53 Å². The maximum atomic E-state index is 10.9. The summed E-state index contributed by atoms with van der Waals surface area (Å²) in [5.41, 5.74) is 0. The number of carbonyl (C=O) groups is 1. The quantitative estimate of drug-likeness (QED) is 0.654. The first kappa shape index (κ1) is 11.5. The molecular formula is C10H19NO3. The molecule has 0 aliphatic heterocycles. The number of aliphatic hydroxyl groups excluding tert-OH is 1. The molecule has 0 aromatic rings. The van der Waals surface area contributed by atoms with E-state index in [-0.39, 0.29) is 12.4 Å². The predicted octanol–water partition coefficient (Wildman–Crippen LogP) is 0.395. The molecule has 1 aliphatic carbocycles. The van der Waals surface area contributed by atoms with Crippen molar-refractivity contribution in [1.29, 1.82) is 0 Å². The first-order valence-corrected chi connectivity index (χ1v) is 5.08. The van der Waals surface area contributed by atoms with E-state index in [1.807, 2.05) is 7.05 Å². The third kappa shape index (κ3) is 3.27. The lowest BCUT2D eigenvalue weighted by Crippen LogP contribution is -2.41. The molecule has 0 bridgehead atoms. The van der Waals surface area contributed by atoms with Crippen LogP contribution in [0.5, 0.6) is 0 Å². The molecule has 0 heterocycles. The Morgan fingerprint density at radius 3 is 2.71 bits per heavy atom. The zero-order valence-electron chi connectivity index (χ0n) is 8.90. The molecule has 4 heteroatoms. The summed E-state index contributed by atoms with van der Waals surface area (Å²) in [6.07, 6.45) is 3.19. The van der Waals surface area contributed by atoms with Crippen LogP contribution in [0.3, 0.4) is 0 Å². The molecule has 1 aliphatic rings. The van der Waals surface area contributed by atoms with Gasteiger partial charge in [-0.1, -0.05) is 6.42 Å². The third-order valence-corrected chi connectivity index (χ3v) is 2.83. The Morgan fingerprint density at radius 2 is 2.29 bits per heavy atom. The Bertz CT molecular complexity index is 192. The summed E-state index contributed by atoms with van der Waals surface area (Å²) in [5, 5.41) is 9.55. The molecule has 1 N–H and O–H groups in total. The van der Waals surface area contributed by atoms with Gasteiger partial charge < -0.3 is 14.7 Å². The van der Waals surface area contributed by atoms with Gasteiger partial charge in [0, 0.05) is 12.6 Å². The first-order chi connectivity index (χ1) is 6.63. The Kier molecular flexibility index (Phi) is 4.35. The van der Waals surface area contributed by atoms with E-state index in [4.69, 9.17) is 0 Å². The molecule has 1 rings (SSSR count). The van der Waals surface area contributed by atoms with Crippen LogP contribution >= 0.6 is 0 Å². The van der Waals surface area contributed by atoms with Crippen molar-refractivity contribution in [1.82, 2.24) is 4.90 Å². The van der Waals surface area contributed by atoms with Crippen LogP contribution in [0.4, 0.5) is 0 Å². The number of methoxy groups -OCH3 is 1.